The number of allylic oxidation sites excluding steroid dienone is 10. The van der Waals surface area contributed by atoms with E-state index in [-0.39, 0.29) is 0 Å². The van der Waals surface area contributed by atoms with E-state index in [0.29, 0.717) is 19.3 Å². The molecule has 0 aliphatic carbocycles. The molecule has 1 amide bonds. The van der Waals surface area contributed by atoms with E-state index in [1.807, 2.05) is 0 Å². The molecule has 4 unspecified atom stereocenters. The SMILES string of the molecule is CCCCCCCCCC/C=C/CC/C=C/CC/C=C/CCCC(O)C(O)C(CO)NC(=O)C(O)CCCCCCCCCCCCCCCC/C=C\C/C=C\CCCCCCCCCCC. The normalized spacial score (nSPS) is 14.2. The molecule has 0 saturated heterocycles. The molecule has 0 aromatic heterocycles. The number of aliphatic hydroxyl groups is 4. The molecule has 4 atom stereocenters. The van der Waals surface area contributed by atoms with Gasteiger partial charge in [-0.05, 0) is 96.3 Å². The number of rotatable bonds is 53. The smallest absolute Gasteiger partial charge is 0.249 e. The third-order valence-electron chi connectivity index (χ3n) is 13.4. The summed E-state index contributed by atoms with van der Waals surface area (Å²) in [5, 5.41) is 44.0. The second-order valence-corrected chi connectivity index (χ2v) is 20.0. The fraction of sp³-hybridized carbons (Fsp3) is 0.820. The van der Waals surface area contributed by atoms with Crippen molar-refractivity contribution in [3.8, 4) is 0 Å². The van der Waals surface area contributed by atoms with Crippen LogP contribution < -0.4 is 5.32 Å². The van der Waals surface area contributed by atoms with Gasteiger partial charge in [-0.1, -0.05) is 254 Å². The highest BCUT2D eigenvalue weighted by Crippen LogP contribution is 2.16. The number of hydrogen-bond acceptors (Lipinski definition) is 5. The van der Waals surface area contributed by atoms with Crippen LogP contribution in [0.2, 0.25) is 0 Å². The van der Waals surface area contributed by atoms with Crippen LogP contribution in [0.5, 0.6) is 0 Å². The first-order valence-electron chi connectivity index (χ1n) is 29.2. The average Bonchev–Trinajstić information content (AvgIpc) is 3.33. The molecule has 0 aliphatic heterocycles. The molecule has 0 aliphatic rings. The van der Waals surface area contributed by atoms with Crippen LogP contribution in [0.15, 0.2) is 60.8 Å². The highest BCUT2D eigenvalue weighted by atomic mass is 16.3. The zero-order valence-electron chi connectivity index (χ0n) is 44.4. The highest BCUT2D eigenvalue weighted by molar-refractivity contribution is 5.80. The Bertz CT molecular complexity index is 1150. The average molecular weight is 941 g/mol. The molecule has 5 N–H and O–H groups in total. The van der Waals surface area contributed by atoms with Gasteiger partial charge in [-0.3, -0.25) is 4.79 Å². The van der Waals surface area contributed by atoms with E-state index in [0.717, 1.165) is 57.8 Å². The van der Waals surface area contributed by atoms with Crippen molar-refractivity contribution >= 4 is 5.91 Å². The monoisotopic (exact) mass is 940 g/mol. The van der Waals surface area contributed by atoms with Gasteiger partial charge in [-0.25, -0.2) is 0 Å². The van der Waals surface area contributed by atoms with Gasteiger partial charge in [0, 0.05) is 0 Å². The zero-order valence-corrected chi connectivity index (χ0v) is 44.4. The standard InChI is InChI=1S/C61H113NO5/c1-3-5-7-9-11-13-15-17-19-21-23-25-26-27-28-29-30-31-32-33-35-37-39-41-43-45-47-49-51-53-55-59(65)61(67)62-57(56-63)60(66)58(64)54-52-50-48-46-44-42-40-38-36-34-24-22-20-18-16-14-12-10-8-6-4-2/h22-25,27-28,38,40,46,48,57-60,63-66H,3-21,26,29-37,39,41-45,47,49-56H2,1-2H3,(H,62,67)/b24-22+,25-23-,28-27-,40-38+,48-46+. The summed E-state index contributed by atoms with van der Waals surface area (Å²) >= 11 is 0. The minimum absolute atomic E-state index is 0.356. The third kappa shape index (κ3) is 48.8. The van der Waals surface area contributed by atoms with Crippen molar-refractivity contribution in [2.75, 3.05) is 6.61 Å². The molecule has 0 saturated carbocycles. The molecule has 0 heterocycles. The van der Waals surface area contributed by atoms with E-state index in [2.05, 4.69) is 79.9 Å². The van der Waals surface area contributed by atoms with Crippen molar-refractivity contribution in [2.45, 2.75) is 314 Å². The molecular weight excluding hydrogens is 827 g/mol. The molecule has 6 nitrogen and oxygen atoms in total. The summed E-state index contributed by atoms with van der Waals surface area (Å²) in [6.07, 6.45) is 71.5. The van der Waals surface area contributed by atoms with Crippen molar-refractivity contribution in [2.24, 2.45) is 0 Å². The molecular formula is C61H113NO5. The van der Waals surface area contributed by atoms with Gasteiger partial charge in [-0.15, -0.1) is 0 Å². The number of aliphatic hydroxyl groups excluding tert-OH is 4. The maximum Gasteiger partial charge on any atom is 0.249 e. The van der Waals surface area contributed by atoms with E-state index in [4.69, 9.17) is 0 Å². The summed E-state index contributed by atoms with van der Waals surface area (Å²) in [5.41, 5.74) is 0. The highest BCUT2D eigenvalue weighted by Gasteiger charge is 2.28. The summed E-state index contributed by atoms with van der Waals surface area (Å²) in [7, 11) is 0. The fourth-order valence-corrected chi connectivity index (χ4v) is 8.82. The number of unbranched alkanes of at least 4 members (excludes halogenated alkanes) is 34. The van der Waals surface area contributed by atoms with Crippen molar-refractivity contribution in [1.29, 1.82) is 0 Å². The molecule has 67 heavy (non-hydrogen) atoms. The van der Waals surface area contributed by atoms with Crippen LogP contribution in [0, 0.1) is 0 Å². The Morgan fingerprint density at radius 1 is 0.373 bits per heavy atom. The summed E-state index contributed by atoms with van der Waals surface area (Å²) < 4.78 is 0. The molecule has 0 rings (SSSR count). The Hall–Kier alpha value is -1.99. The van der Waals surface area contributed by atoms with E-state index < -0.39 is 36.9 Å². The molecule has 392 valence electrons. The van der Waals surface area contributed by atoms with Crippen LogP contribution in [0.3, 0.4) is 0 Å². The van der Waals surface area contributed by atoms with Crippen molar-refractivity contribution < 1.29 is 25.2 Å². The summed E-state index contributed by atoms with van der Waals surface area (Å²) in [6, 6.07) is -1.01. The summed E-state index contributed by atoms with van der Waals surface area (Å²) in [4.78, 5) is 12.6. The number of carbonyl (C=O) groups is 1. The van der Waals surface area contributed by atoms with Crippen LogP contribution in [-0.2, 0) is 4.79 Å². The lowest BCUT2D eigenvalue weighted by Gasteiger charge is -2.27. The Kier molecular flexibility index (Phi) is 53.3. The van der Waals surface area contributed by atoms with Gasteiger partial charge in [0.15, 0.2) is 0 Å². The van der Waals surface area contributed by atoms with Crippen molar-refractivity contribution in [1.82, 2.24) is 5.32 Å². The zero-order chi connectivity index (χ0) is 48.8. The van der Waals surface area contributed by atoms with E-state index in [1.165, 1.54) is 199 Å². The van der Waals surface area contributed by atoms with Crippen molar-refractivity contribution in [3.63, 3.8) is 0 Å². The number of hydrogen-bond donors (Lipinski definition) is 5. The largest absolute Gasteiger partial charge is 0.394 e. The second-order valence-electron chi connectivity index (χ2n) is 20.0. The predicted octanol–water partition coefficient (Wildman–Crippen LogP) is 17.1. The van der Waals surface area contributed by atoms with Gasteiger partial charge in [0.2, 0.25) is 5.91 Å². The molecule has 0 bridgehead atoms. The van der Waals surface area contributed by atoms with Gasteiger partial charge in [-0.2, -0.15) is 0 Å². The number of nitrogens with one attached hydrogen (secondary N) is 1. The van der Waals surface area contributed by atoms with E-state index in [1.54, 1.807) is 0 Å². The number of amides is 1. The minimum atomic E-state index is -1.30. The van der Waals surface area contributed by atoms with Crippen LogP contribution in [0.4, 0.5) is 0 Å². The molecule has 0 aromatic carbocycles. The molecule has 0 spiro atoms. The lowest BCUT2D eigenvalue weighted by atomic mass is 10.00. The molecule has 0 radical (unpaired) electrons. The topological polar surface area (TPSA) is 110 Å². The van der Waals surface area contributed by atoms with Gasteiger partial charge >= 0.3 is 0 Å². The van der Waals surface area contributed by atoms with Crippen LogP contribution in [0.25, 0.3) is 0 Å². The molecule has 6 heteroatoms. The lowest BCUT2D eigenvalue weighted by Crippen LogP contribution is -2.53. The van der Waals surface area contributed by atoms with Crippen LogP contribution >= 0.6 is 0 Å². The fourth-order valence-electron chi connectivity index (χ4n) is 8.82. The van der Waals surface area contributed by atoms with Crippen molar-refractivity contribution in [3.05, 3.63) is 60.8 Å². The van der Waals surface area contributed by atoms with Gasteiger partial charge in [0.05, 0.1) is 18.8 Å². The Morgan fingerprint density at radius 3 is 1.03 bits per heavy atom. The predicted molar refractivity (Wildman–Crippen MR) is 293 cm³/mol. The maximum atomic E-state index is 12.6. The van der Waals surface area contributed by atoms with E-state index >= 15 is 0 Å². The summed E-state index contributed by atoms with van der Waals surface area (Å²) in [6.45, 7) is 4.05. The first-order valence-corrected chi connectivity index (χ1v) is 29.2. The van der Waals surface area contributed by atoms with Crippen LogP contribution in [0.1, 0.15) is 290 Å². The summed E-state index contributed by atoms with van der Waals surface area (Å²) in [5.74, 6) is -0.599. The Labute approximate surface area is 416 Å². The second kappa shape index (κ2) is 54.9. The van der Waals surface area contributed by atoms with Gasteiger partial charge in [0.25, 0.3) is 0 Å². The molecule has 0 fully saturated rings. The van der Waals surface area contributed by atoms with Gasteiger partial charge in [0.1, 0.15) is 12.2 Å². The first-order chi connectivity index (χ1) is 33.0. The number of carbonyl (C=O) groups excluding carboxylic acids is 1. The van der Waals surface area contributed by atoms with E-state index in [9.17, 15) is 25.2 Å². The maximum absolute atomic E-state index is 12.6. The lowest BCUT2D eigenvalue weighted by molar-refractivity contribution is -0.132. The van der Waals surface area contributed by atoms with Crippen LogP contribution in [-0.4, -0.2) is 57.3 Å². The Morgan fingerprint density at radius 2 is 0.672 bits per heavy atom. The minimum Gasteiger partial charge on any atom is -0.394 e. The van der Waals surface area contributed by atoms with Gasteiger partial charge < -0.3 is 25.7 Å². The first kappa shape index (κ1) is 65.0. The Balaban J connectivity index is 3.68. The quantitative estimate of drug-likeness (QED) is 0.0308. The third-order valence-corrected chi connectivity index (χ3v) is 13.4. The molecule has 0 aromatic rings.